The molecule has 2 aliphatic heterocycles. The molecule has 12 atom stereocenters. The molecule has 0 aromatic heterocycles. The van der Waals surface area contributed by atoms with Crippen molar-refractivity contribution < 1.29 is 64.6 Å². The summed E-state index contributed by atoms with van der Waals surface area (Å²) in [6.45, 7) is 2.66. The van der Waals surface area contributed by atoms with Crippen molar-refractivity contribution in [3.63, 3.8) is 0 Å². The highest BCUT2D eigenvalue weighted by Gasteiger charge is 2.51. The molecule has 2 heterocycles. The first kappa shape index (κ1) is 92.4. The predicted molar refractivity (Wildman–Crippen MR) is 419 cm³/mol. The molecule has 0 aromatic rings. The van der Waals surface area contributed by atoms with Crippen LogP contribution in [0.4, 0.5) is 0 Å². The third-order valence-electron chi connectivity index (χ3n) is 18.1. The number of nitrogens with one attached hydrogen (secondary N) is 1. The smallest absolute Gasteiger partial charge is 0.220 e. The number of unbranched alkanes of at least 4 members (excludes halogenated alkanes) is 25. The summed E-state index contributed by atoms with van der Waals surface area (Å²) in [5.41, 5.74) is 0. The Hall–Kier alpha value is -4.65. The number of hydrogen-bond donors (Lipinski definition) is 9. The summed E-state index contributed by atoms with van der Waals surface area (Å²) >= 11 is 0. The van der Waals surface area contributed by atoms with E-state index in [1.807, 2.05) is 6.08 Å². The van der Waals surface area contributed by atoms with Crippen LogP contribution in [0.5, 0.6) is 0 Å². The van der Waals surface area contributed by atoms with Gasteiger partial charge < -0.3 is 65.1 Å². The zero-order chi connectivity index (χ0) is 73.0. The first-order chi connectivity index (χ1) is 49.6. The van der Waals surface area contributed by atoms with Crippen LogP contribution >= 0.6 is 0 Å². The SMILES string of the molecule is CC/C=C\C/C=C\C/C=C\C/C=C\C/C=C\C/C=C\C/C=C\C/C=C\C/C=C\C/C=C\C/C=C\CCCCCCCCCC(=O)NC(COC1OC(CO)C(OC2OC(CO)C(O)C(O)C2O)C(O)C1O)C(O)/C=C/CC/C=C/CC/C=C/CCCCCCCCCCCCCCCCCC. The molecule has 14 nitrogen and oxygen atoms in total. The number of carbonyl (C=O) groups excluding carboxylic acids is 1. The largest absolute Gasteiger partial charge is 0.394 e. The van der Waals surface area contributed by atoms with E-state index in [0.29, 0.717) is 12.8 Å². The molecule has 12 unspecified atom stereocenters. The Morgan fingerprint density at radius 1 is 0.366 bits per heavy atom. The van der Waals surface area contributed by atoms with Crippen LogP contribution in [0.1, 0.15) is 277 Å². The molecule has 0 aromatic carbocycles. The van der Waals surface area contributed by atoms with Gasteiger partial charge in [-0.25, -0.2) is 0 Å². The predicted octanol–water partition coefficient (Wildman–Crippen LogP) is 18.3. The molecule has 574 valence electrons. The molecule has 0 saturated carbocycles. The summed E-state index contributed by atoms with van der Waals surface area (Å²) in [6, 6.07) is -0.959. The van der Waals surface area contributed by atoms with E-state index in [9.17, 15) is 45.6 Å². The van der Waals surface area contributed by atoms with E-state index in [1.54, 1.807) is 6.08 Å². The van der Waals surface area contributed by atoms with Gasteiger partial charge in [-0.3, -0.25) is 4.79 Å². The minimum absolute atomic E-state index is 0.246. The van der Waals surface area contributed by atoms with E-state index in [-0.39, 0.29) is 18.9 Å². The maximum Gasteiger partial charge on any atom is 0.220 e. The van der Waals surface area contributed by atoms with Gasteiger partial charge in [0.1, 0.15) is 48.8 Å². The molecule has 2 saturated heterocycles. The fraction of sp³-hybridized carbons (Fsp3) is 0.667. The molecule has 0 radical (unpaired) electrons. The highest BCUT2D eigenvalue weighted by Crippen LogP contribution is 2.30. The van der Waals surface area contributed by atoms with Gasteiger partial charge >= 0.3 is 0 Å². The molecule has 1 amide bonds. The number of hydrogen-bond acceptors (Lipinski definition) is 13. The fourth-order valence-electron chi connectivity index (χ4n) is 11.9. The van der Waals surface area contributed by atoms with Crippen LogP contribution in [0.25, 0.3) is 0 Å². The number of rotatable bonds is 64. The maximum absolute atomic E-state index is 13.4. The fourth-order valence-corrected chi connectivity index (χ4v) is 11.9. The lowest BCUT2D eigenvalue weighted by Crippen LogP contribution is -2.65. The highest BCUT2D eigenvalue weighted by molar-refractivity contribution is 5.76. The Labute approximate surface area is 613 Å². The van der Waals surface area contributed by atoms with E-state index < -0.39 is 86.8 Å². The number of aliphatic hydroxyl groups excluding tert-OH is 8. The van der Waals surface area contributed by atoms with Crippen molar-refractivity contribution in [1.29, 1.82) is 0 Å². The zero-order valence-corrected chi connectivity index (χ0v) is 62.8. The molecule has 101 heavy (non-hydrogen) atoms. The van der Waals surface area contributed by atoms with Crippen molar-refractivity contribution in [3.8, 4) is 0 Å². The average Bonchev–Trinajstić information content (AvgIpc) is 0.792. The lowest BCUT2D eigenvalue weighted by Gasteiger charge is -2.46. The summed E-state index contributed by atoms with van der Waals surface area (Å²) in [5.74, 6) is -0.270. The molecule has 2 aliphatic rings. The second-order valence-corrected chi connectivity index (χ2v) is 27.1. The second-order valence-electron chi connectivity index (χ2n) is 27.1. The Kier molecular flexibility index (Phi) is 62.7. The minimum Gasteiger partial charge on any atom is -0.394 e. The van der Waals surface area contributed by atoms with Crippen LogP contribution in [0.15, 0.2) is 170 Å². The van der Waals surface area contributed by atoms with Crippen LogP contribution in [-0.4, -0.2) is 140 Å². The molecule has 0 spiro atoms. The molecule has 9 N–H and O–H groups in total. The van der Waals surface area contributed by atoms with Crippen molar-refractivity contribution in [2.24, 2.45) is 0 Å². The van der Waals surface area contributed by atoms with Crippen LogP contribution in [0.3, 0.4) is 0 Å². The van der Waals surface area contributed by atoms with Crippen molar-refractivity contribution in [2.75, 3.05) is 19.8 Å². The van der Waals surface area contributed by atoms with Gasteiger partial charge in [0.15, 0.2) is 12.6 Å². The molecule has 0 aliphatic carbocycles. The lowest BCUT2D eigenvalue weighted by atomic mass is 9.97. The van der Waals surface area contributed by atoms with Crippen LogP contribution < -0.4 is 5.32 Å². The Morgan fingerprint density at radius 3 is 1.09 bits per heavy atom. The van der Waals surface area contributed by atoms with Gasteiger partial charge in [0.2, 0.25) is 5.91 Å². The quantitative estimate of drug-likeness (QED) is 0.0204. The van der Waals surface area contributed by atoms with E-state index in [0.717, 1.165) is 141 Å². The Bertz CT molecular complexity index is 2360. The highest BCUT2D eigenvalue weighted by atomic mass is 16.7. The number of amides is 1. The van der Waals surface area contributed by atoms with Gasteiger partial charge in [-0.1, -0.05) is 312 Å². The number of carbonyl (C=O) groups is 1. The van der Waals surface area contributed by atoms with Gasteiger partial charge in [-0.05, 0) is 128 Å². The van der Waals surface area contributed by atoms with E-state index >= 15 is 0 Å². The first-order valence-electron chi connectivity index (χ1n) is 39.9. The van der Waals surface area contributed by atoms with Gasteiger partial charge in [0.25, 0.3) is 0 Å². The lowest BCUT2D eigenvalue weighted by molar-refractivity contribution is -0.359. The third kappa shape index (κ3) is 51.2. The molecule has 2 fully saturated rings. The third-order valence-corrected chi connectivity index (χ3v) is 18.1. The summed E-state index contributed by atoms with van der Waals surface area (Å²) in [7, 11) is 0. The van der Waals surface area contributed by atoms with Crippen molar-refractivity contribution in [3.05, 3.63) is 170 Å². The van der Waals surface area contributed by atoms with E-state index in [1.165, 1.54) is 103 Å². The van der Waals surface area contributed by atoms with Crippen molar-refractivity contribution >= 4 is 5.91 Å². The van der Waals surface area contributed by atoms with Crippen molar-refractivity contribution in [1.82, 2.24) is 5.32 Å². The van der Waals surface area contributed by atoms with Crippen LogP contribution in [-0.2, 0) is 23.7 Å². The Morgan fingerprint density at radius 2 is 0.693 bits per heavy atom. The number of ether oxygens (including phenoxy) is 4. The first-order valence-corrected chi connectivity index (χ1v) is 39.9. The average molecular weight is 1410 g/mol. The molecule has 2 rings (SSSR count). The topological polar surface area (TPSA) is 228 Å². The van der Waals surface area contributed by atoms with E-state index in [4.69, 9.17) is 18.9 Å². The molecule has 14 heteroatoms. The summed E-state index contributed by atoms with van der Waals surface area (Å²) in [6.07, 6.45) is 89.9. The normalized spacial score (nSPS) is 22.7. The monoisotopic (exact) mass is 1410 g/mol. The van der Waals surface area contributed by atoms with Gasteiger partial charge in [0, 0.05) is 6.42 Å². The van der Waals surface area contributed by atoms with E-state index in [2.05, 4.69) is 177 Å². The molecule has 0 bridgehead atoms. The van der Waals surface area contributed by atoms with Crippen molar-refractivity contribution in [2.45, 2.75) is 351 Å². The van der Waals surface area contributed by atoms with Gasteiger partial charge in [0.05, 0.1) is 32.0 Å². The molecular weight excluding hydrogens is 1270 g/mol. The minimum atomic E-state index is -1.80. The number of allylic oxidation sites excluding steroid dienone is 27. The zero-order valence-electron chi connectivity index (χ0n) is 62.8. The van der Waals surface area contributed by atoms with Crippen LogP contribution in [0.2, 0.25) is 0 Å². The standard InChI is InChI=1S/C87H143NO13/c1-3-5-7-9-11-13-15-17-19-21-23-25-27-29-31-32-33-34-35-36-37-38-39-40-41-42-43-44-45-47-49-51-53-55-57-59-61-63-65-67-69-71-79(92)88-75(74-98-86-84(97)82(95)85(78(73-90)100-86)101-87-83(96)81(94)80(93)77(72-89)99-87)76(91)70-68-66-64-62-60-58-56-54-52-50-48-46-30-28-26-24-22-20-18-16-14-12-10-8-6-4-2/h5,7,11,13,17,19,23,25,29,31,33-34,36-37,39-40,42-43,45,47,51-54,60,62,68,70,75-78,80-87,89-91,93-97H,3-4,6,8-10,12,14-16,18,20-22,24,26-28,30,32,35,38,41,44,46,48-50,55-59,61,63-67,69,71-74H2,1-2H3,(H,88,92)/b7-5-,13-11-,19-17-,25-23-,31-29-,34-33-,37-36-,40-39-,43-42-,47-45-,53-51-,54-52+,62-60+,70-68+. The summed E-state index contributed by atoms with van der Waals surface area (Å²) < 4.78 is 22.9. The second kappa shape index (κ2) is 68.5. The van der Waals surface area contributed by atoms with Gasteiger partial charge in [-0.2, -0.15) is 0 Å². The summed E-state index contributed by atoms with van der Waals surface area (Å²) in [4.78, 5) is 13.4. The summed E-state index contributed by atoms with van der Waals surface area (Å²) in [5, 5.41) is 87.6. The Balaban J connectivity index is 1.66. The van der Waals surface area contributed by atoms with Gasteiger partial charge in [-0.15, -0.1) is 0 Å². The maximum atomic E-state index is 13.4. The molecular formula is C87H143NO13. The number of aliphatic hydroxyl groups is 8. The van der Waals surface area contributed by atoms with Crippen LogP contribution in [0, 0.1) is 0 Å².